The highest BCUT2D eigenvalue weighted by Gasteiger charge is 2.42. The monoisotopic (exact) mass is 304 g/mol. The quantitative estimate of drug-likeness (QED) is 0.877. The van der Waals surface area contributed by atoms with Crippen molar-refractivity contribution >= 4 is 5.91 Å². The van der Waals surface area contributed by atoms with Gasteiger partial charge in [0.15, 0.2) is 0 Å². The Labute approximate surface area is 132 Å². The molecule has 3 rings (SSSR count). The van der Waals surface area contributed by atoms with Gasteiger partial charge >= 0.3 is 0 Å². The van der Waals surface area contributed by atoms with Crippen LogP contribution in [-0.4, -0.2) is 27.8 Å². The fraction of sp³-hybridized carbons (Fsp3) is 0.765. The first kappa shape index (κ1) is 15.5. The van der Waals surface area contributed by atoms with Crippen molar-refractivity contribution in [3.05, 3.63) is 17.5 Å². The van der Waals surface area contributed by atoms with Crippen LogP contribution in [0.25, 0.3) is 0 Å². The van der Waals surface area contributed by atoms with E-state index < -0.39 is 0 Å². The summed E-state index contributed by atoms with van der Waals surface area (Å²) in [4.78, 5) is 12.6. The van der Waals surface area contributed by atoms with Crippen molar-refractivity contribution in [2.45, 2.75) is 70.4 Å². The van der Waals surface area contributed by atoms with Gasteiger partial charge < -0.3 is 11.1 Å². The zero-order chi connectivity index (χ0) is 16.1. The topological polar surface area (TPSA) is 72.9 Å². The van der Waals surface area contributed by atoms with Crippen LogP contribution in [0.1, 0.15) is 75.5 Å². The van der Waals surface area contributed by atoms with E-state index in [1.165, 1.54) is 18.5 Å². The van der Waals surface area contributed by atoms with E-state index in [1.54, 1.807) is 0 Å². The van der Waals surface area contributed by atoms with Gasteiger partial charge in [0.05, 0.1) is 11.1 Å². The molecule has 2 fully saturated rings. The molecule has 5 heteroatoms. The van der Waals surface area contributed by atoms with Crippen LogP contribution in [0.15, 0.2) is 6.07 Å². The normalized spacial score (nSPS) is 21.5. The summed E-state index contributed by atoms with van der Waals surface area (Å²) in [6.07, 6.45) is 4.70. The second-order valence-corrected chi connectivity index (χ2v) is 8.16. The maximum absolute atomic E-state index is 12.6. The molecule has 0 saturated heterocycles. The van der Waals surface area contributed by atoms with Crippen molar-refractivity contribution in [1.29, 1.82) is 0 Å². The molecule has 0 radical (unpaired) electrons. The van der Waals surface area contributed by atoms with Crippen molar-refractivity contribution in [3.63, 3.8) is 0 Å². The van der Waals surface area contributed by atoms with E-state index in [2.05, 4.69) is 31.2 Å². The molecule has 2 aliphatic carbocycles. The molecule has 1 heterocycles. The van der Waals surface area contributed by atoms with Gasteiger partial charge in [0.25, 0.3) is 5.91 Å². The number of hydrogen-bond acceptors (Lipinski definition) is 3. The molecule has 2 aliphatic rings. The van der Waals surface area contributed by atoms with E-state index in [0.29, 0.717) is 24.1 Å². The fourth-order valence-electron chi connectivity index (χ4n) is 3.08. The number of rotatable bonds is 5. The van der Waals surface area contributed by atoms with Gasteiger partial charge in [-0.05, 0) is 65.4 Å². The maximum Gasteiger partial charge on any atom is 0.272 e. The first-order valence-corrected chi connectivity index (χ1v) is 8.37. The van der Waals surface area contributed by atoms with E-state index in [4.69, 9.17) is 5.73 Å². The number of nitrogens with two attached hydrogens (primary N) is 1. The number of hydrogen-bond donors (Lipinski definition) is 2. The van der Waals surface area contributed by atoms with Crippen molar-refractivity contribution in [2.75, 3.05) is 6.54 Å². The zero-order valence-electron chi connectivity index (χ0n) is 14.1. The predicted molar refractivity (Wildman–Crippen MR) is 86.8 cm³/mol. The lowest BCUT2D eigenvalue weighted by molar-refractivity contribution is 0.0891. The summed E-state index contributed by atoms with van der Waals surface area (Å²) in [5, 5.41) is 7.74. The highest BCUT2D eigenvalue weighted by atomic mass is 16.2. The lowest BCUT2D eigenvalue weighted by Gasteiger charge is -2.29. The molecular weight excluding hydrogens is 276 g/mol. The van der Waals surface area contributed by atoms with Crippen LogP contribution in [0.4, 0.5) is 0 Å². The number of amides is 1. The zero-order valence-corrected chi connectivity index (χ0v) is 14.1. The van der Waals surface area contributed by atoms with Gasteiger partial charge in [0, 0.05) is 18.2 Å². The Morgan fingerprint density at radius 1 is 1.32 bits per heavy atom. The molecule has 2 saturated carbocycles. The minimum Gasteiger partial charge on any atom is -0.344 e. The summed E-state index contributed by atoms with van der Waals surface area (Å²) < 4.78 is 2.02. The summed E-state index contributed by atoms with van der Waals surface area (Å²) in [5.74, 6) is 0.983. The average molecular weight is 304 g/mol. The Morgan fingerprint density at radius 2 is 1.95 bits per heavy atom. The molecule has 0 aromatic carbocycles. The third-order valence-electron chi connectivity index (χ3n) is 4.90. The SMILES string of the molecule is CC(CN)(NC(=O)c1cc(C2CC2)n(C(C)(C)C)n1)C1CC1. The third-order valence-corrected chi connectivity index (χ3v) is 4.90. The van der Waals surface area contributed by atoms with Crippen LogP contribution in [0.5, 0.6) is 0 Å². The second kappa shape index (κ2) is 5.08. The van der Waals surface area contributed by atoms with Crippen LogP contribution in [0, 0.1) is 5.92 Å². The van der Waals surface area contributed by atoms with Crippen molar-refractivity contribution in [2.24, 2.45) is 11.7 Å². The Morgan fingerprint density at radius 3 is 2.41 bits per heavy atom. The van der Waals surface area contributed by atoms with E-state index in [9.17, 15) is 4.79 Å². The lowest BCUT2D eigenvalue weighted by atomic mass is 9.96. The summed E-state index contributed by atoms with van der Waals surface area (Å²) in [6, 6.07) is 1.97. The van der Waals surface area contributed by atoms with Gasteiger partial charge in [-0.3, -0.25) is 9.48 Å². The molecule has 22 heavy (non-hydrogen) atoms. The Hall–Kier alpha value is -1.36. The largest absolute Gasteiger partial charge is 0.344 e. The van der Waals surface area contributed by atoms with Crippen LogP contribution in [0.3, 0.4) is 0 Å². The highest BCUT2D eigenvalue weighted by Crippen LogP contribution is 2.42. The van der Waals surface area contributed by atoms with Gasteiger partial charge in [0.2, 0.25) is 0 Å². The number of carbonyl (C=O) groups is 1. The van der Waals surface area contributed by atoms with Crippen LogP contribution < -0.4 is 11.1 Å². The minimum atomic E-state index is -0.303. The van der Waals surface area contributed by atoms with Gasteiger partial charge in [0.1, 0.15) is 5.69 Å². The first-order valence-electron chi connectivity index (χ1n) is 8.37. The van der Waals surface area contributed by atoms with Crippen LogP contribution in [0.2, 0.25) is 0 Å². The summed E-state index contributed by atoms with van der Waals surface area (Å²) >= 11 is 0. The highest BCUT2D eigenvalue weighted by molar-refractivity contribution is 5.93. The molecule has 0 bridgehead atoms. The Balaban J connectivity index is 1.83. The van der Waals surface area contributed by atoms with Gasteiger partial charge in [-0.2, -0.15) is 5.10 Å². The molecule has 1 aromatic heterocycles. The van der Waals surface area contributed by atoms with E-state index >= 15 is 0 Å². The van der Waals surface area contributed by atoms with Gasteiger partial charge in [-0.15, -0.1) is 0 Å². The minimum absolute atomic E-state index is 0.0928. The standard InChI is InChI=1S/C17H28N4O/c1-16(2,3)21-14(11-5-6-11)9-13(20-21)15(22)19-17(4,10-18)12-7-8-12/h9,11-12H,5-8,10,18H2,1-4H3,(H,19,22). The molecule has 3 N–H and O–H groups in total. The van der Waals surface area contributed by atoms with E-state index in [-0.39, 0.29) is 17.0 Å². The first-order chi connectivity index (χ1) is 10.2. The van der Waals surface area contributed by atoms with Crippen molar-refractivity contribution < 1.29 is 4.79 Å². The molecular formula is C17H28N4O. The number of nitrogens with zero attached hydrogens (tertiary/aromatic N) is 2. The van der Waals surface area contributed by atoms with E-state index in [0.717, 1.165) is 12.8 Å². The van der Waals surface area contributed by atoms with Crippen LogP contribution >= 0.6 is 0 Å². The molecule has 1 atom stereocenters. The lowest BCUT2D eigenvalue weighted by Crippen LogP contribution is -2.53. The Kier molecular flexibility index (Phi) is 3.59. The maximum atomic E-state index is 12.6. The molecule has 5 nitrogen and oxygen atoms in total. The summed E-state index contributed by atoms with van der Waals surface area (Å²) in [6.45, 7) is 8.90. The molecule has 1 unspecified atom stereocenters. The molecule has 0 spiro atoms. The fourth-order valence-corrected chi connectivity index (χ4v) is 3.08. The van der Waals surface area contributed by atoms with Crippen molar-refractivity contribution in [1.82, 2.24) is 15.1 Å². The van der Waals surface area contributed by atoms with Gasteiger partial charge in [-0.1, -0.05) is 0 Å². The molecule has 1 amide bonds. The van der Waals surface area contributed by atoms with E-state index in [1.807, 2.05) is 17.7 Å². The average Bonchev–Trinajstić information content (AvgIpc) is 3.34. The second-order valence-electron chi connectivity index (χ2n) is 8.16. The number of carbonyl (C=O) groups excluding carboxylic acids is 1. The van der Waals surface area contributed by atoms with Crippen LogP contribution in [-0.2, 0) is 5.54 Å². The summed E-state index contributed by atoms with van der Waals surface area (Å²) in [7, 11) is 0. The van der Waals surface area contributed by atoms with Gasteiger partial charge in [-0.25, -0.2) is 0 Å². The number of aromatic nitrogens is 2. The third kappa shape index (κ3) is 2.91. The molecule has 1 aromatic rings. The smallest absolute Gasteiger partial charge is 0.272 e. The molecule has 0 aliphatic heterocycles. The predicted octanol–water partition coefficient (Wildman–Crippen LogP) is 2.37. The van der Waals surface area contributed by atoms with Crippen molar-refractivity contribution in [3.8, 4) is 0 Å². The molecule has 122 valence electrons. The summed E-state index contributed by atoms with van der Waals surface area (Å²) in [5.41, 5.74) is 7.20. The Bertz CT molecular complexity index is 578. The number of nitrogens with one attached hydrogen (secondary N) is 1.